The molecule has 0 spiro atoms. The minimum absolute atomic E-state index is 0.377. The van der Waals surface area contributed by atoms with E-state index in [4.69, 9.17) is 0 Å². The summed E-state index contributed by atoms with van der Waals surface area (Å²) in [7, 11) is 0. The summed E-state index contributed by atoms with van der Waals surface area (Å²) >= 11 is 6.22. The van der Waals surface area contributed by atoms with Gasteiger partial charge in [-0.1, -0.05) is 15.9 Å². The Bertz CT molecular complexity index is 312. The predicted octanol–water partition coefficient (Wildman–Crippen LogP) is 1.90. The van der Waals surface area contributed by atoms with Crippen molar-refractivity contribution in [1.29, 1.82) is 0 Å². The second kappa shape index (κ2) is 5.18. The molecule has 0 bridgehead atoms. The van der Waals surface area contributed by atoms with Gasteiger partial charge in [-0.05, 0) is 15.9 Å². The van der Waals surface area contributed by atoms with Crippen LogP contribution in [0.3, 0.4) is 0 Å². The van der Waals surface area contributed by atoms with Gasteiger partial charge in [-0.15, -0.1) is 0 Å². The molecular formula is C7H5Br2N3O. The van der Waals surface area contributed by atoms with Crippen LogP contribution in [0.25, 0.3) is 0 Å². The molecule has 1 aromatic heterocycles. The number of nitrogens with zero attached hydrogens (tertiary/aromatic N) is 3. The minimum atomic E-state index is -0.377. The highest BCUT2D eigenvalue weighted by Gasteiger charge is 1.96. The third-order valence-corrected chi connectivity index (χ3v) is 1.95. The zero-order chi connectivity index (χ0) is 9.68. The topological polar surface area (TPSA) is 55.2 Å². The van der Waals surface area contributed by atoms with Crippen LogP contribution in [-0.2, 0) is 4.79 Å². The number of carbonyl (C=O) groups is 1. The number of aromatic nitrogens is 2. The highest BCUT2D eigenvalue weighted by Crippen LogP contribution is 2.08. The molecule has 68 valence electrons. The van der Waals surface area contributed by atoms with Crippen LogP contribution in [0.1, 0.15) is 0 Å². The van der Waals surface area contributed by atoms with Gasteiger partial charge in [0.15, 0.2) is 5.82 Å². The third kappa shape index (κ3) is 3.73. The van der Waals surface area contributed by atoms with Crippen LogP contribution in [-0.4, -0.2) is 27.3 Å². The number of halogens is 2. The molecule has 0 fully saturated rings. The van der Waals surface area contributed by atoms with Gasteiger partial charge in [0, 0.05) is 6.21 Å². The van der Waals surface area contributed by atoms with E-state index in [0.29, 0.717) is 10.4 Å². The summed E-state index contributed by atoms with van der Waals surface area (Å²) in [5.41, 5.74) is 0. The maximum atomic E-state index is 10.2. The summed E-state index contributed by atoms with van der Waals surface area (Å²) < 4.78 is 0.650. The largest absolute Gasteiger partial charge is 0.302 e. The second-order valence-corrected chi connectivity index (χ2v) is 3.93. The van der Waals surface area contributed by atoms with Crippen LogP contribution in [0.4, 0.5) is 5.82 Å². The average Bonchev–Trinajstić information content (AvgIpc) is 2.16. The summed E-state index contributed by atoms with van der Waals surface area (Å²) in [6.07, 6.45) is 5.22. The van der Waals surface area contributed by atoms with Gasteiger partial charge >= 0.3 is 0 Å². The van der Waals surface area contributed by atoms with Gasteiger partial charge in [-0.3, -0.25) is 0 Å². The monoisotopic (exact) mass is 305 g/mol. The van der Waals surface area contributed by atoms with Crippen molar-refractivity contribution in [1.82, 2.24) is 9.97 Å². The number of carbonyl (C=O) groups excluding carboxylic acids is 1. The Kier molecular flexibility index (Phi) is 4.17. The minimum Gasteiger partial charge on any atom is -0.302 e. The molecule has 0 unspecified atom stereocenters. The van der Waals surface area contributed by atoms with E-state index in [1.165, 1.54) is 18.6 Å². The molecule has 0 amide bonds. The second-order valence-electron chi connectivity index (χ2n) is 2.06. The maximum absolute atomic E-state index is 10.2. The SMILES string of the molecule is O=C[C@@H](Br)C=Nc1cnc(Br)cn1. The fraction of sp³-hybridized carbons (Fsp3) is 0.143. The summed E-state index contributed by atoms with van der Waals surface area (Å²) in [6.45, 7) is 0. The van der Waals surface area contributed by atoms with Crippen molar-refractivity contribution in [3.63, 3.8) is 0 Å². The number of aldehydes is 1. The van der Waals surface area contributed by atoms with Crippen LogP contribution >= 0.6 is 31.9 Å². The smallest absolute Gasteiger partial charge is 0.170 e. The maximum Gasteiger partial charge on any atom is 0.170 e. The summed E-state index contributed by atoms with van der Waals surface area (Å²) in [6, 6.07) is 0. The molecule has 0 aliphatic heterocycles. The summed E-state index contributed by atoms with van der Waals surface area (Å²) in [4.78, 5) is 21.6. The molecule has 6 heteroatoms. The van der Waals surface area contributed by atoms with E-state index in [1.54, 1.807) is 0 Å². The zero-order valence-electron chi connectivity index (χ0n) is 6.39. The number of hydrogen-bond acceptors (Lipinski definition) is 4. The fourth-order valence-electron chi connectivity index (χ4n) is 0.555. The van der Waals surface area contributed by atoms with E-state index < -0.39 is 0 Å². The van der Waals surface area contributed by atoms with Crippen molar-refractivity contribution in [2.24, 2.45) is 4.99 Å². The molecule has 0 saturated heterocycles. The van der Waals surface area contributed by atoms with E-state index in [0.717, 1.165) is 6.29 Å². The molecular weight excluding hydrogens is 302 g/mol. The first kappa shape index (κ1) is 10.5. The first-order chi connectivity index (χ1) is 6.22. The molecule has 13 heavy (non-hydrogen) atoms. The standard InChI is InChI=1S/C7H5Br2N3O/c8-5(4-13)1-11-7-3-10-6(9)2-12-7/h1-5H/t5-/m0/s1. The van der Waals surface area contributed by atoms with Gasteiger partial charge < -0.3 is 4.79 Å². The van der Waals surface area contributed by atoms with Crippen molar-refractivity contribution in [3.8, 4) is 0 Å². The molecule has 0 radical (unpaired) electrons. The van der Waals surface area contributed by atoms with Crippen LogP contribution in [0.15, 0.2) is 22.0 Å². The van der Waals surface area contributed by atoms with Gasteiger partial charge in [0.25, 0.3) is 0 Å². The average molecular weight is 307 g/mol. The summed E-state index contributed by atoms with van der Waals surface area (Å²) in [5, 5.41) is 0. The van der Waals surface area contributed by atoms with Crippen LogP contribution in [0, 0.1) is 0 Å². The Morgan fingerprint density at radius 1 is 1.46 bits per heavy atom. The molecule has 0 saturated carbocycles. The van der Waals surface area contributed by atoms with Crippen LogP contribution in [0.5, 0.6) is 0 Å². The van der Waals surface area contributed by atoms with Crippen molar-refractivity contribution in [2.75, 3.05) is 0 Å². The normalized spacial score (nSPS) is 13.1. The molecule has 0 aliphatic carbocycles. The van der Waals surface area contributed by atoms with Crippen molar-refractivity contribution in [3.05, 3.63) is 17.0 Å². The predicted molar refractivity (Wildman–Crippen MR) is 56.7 cm³/mol. The number of aliphatic imine (C=N–C) groups is 1. The van der Waals surface area contributed by atoms with Gasteiger partial charge in [0.2, 0.25) is 0 Å². The van der Waals surface area contributed by atoms with Crippen molar-refractivity contribution >= 4 is 50.2 Å². The lowest BCUT2D eigenvalue weighted by molar-refractivity contribution is -0.106. The van der Waals surface area contributed by atoms with E-state index in [2.05, 4.69) is 46.8 Å². The first-order valence-corrected chi connectivity index (χ1v) is 5.04. The Hall–Kier alpha value is -0.620. The first-order valence-electron chi connectivity index (χ1n) is 3.33. The molecule has 0 aliphatic rings. The fourth-order valence-corrected chi connectivity index (χ4v) is 0.878. The molecule has 0 aromatic carbocycles. The van der Waals surface area contributed by atoms with Gasteiger partial charge in [0.1, 0.15) is 15.7 Å². The molecule has 1 atom stereocenters. The van der Waals surface area contributed by atoms with Gasteiger partial charge in [-0.25, -0.2) is 15.0 Å². The highest BCUT2D eigenvalue weighted by atomic mass is 79.9. The van der Waals surface area contributed by atoms with Gasteiger partial charge in [-0.2, -0.15) is 0 Å². The van der Waals surface area contributed by atoms with Crippen molar-refractivity contribution < 1.29 is 4.79 Å². The Morgan fingerprint density at radius 3 is 2.77 bits per heavy atom. The van der Waals surface area contributed by atoms with Crippen LogP contribution in [0.2, 0.25) is 0 Å². The van der Waals surface area contributed by atoms with E-state index in [1.807, 2.05) is 0 Å². The number of hydrogen-bond donors (Lipinski definition) is 0. The number of alkyl halides is 1. The molecule has 4 nitrogen and oxygen atoms in total. The lowest BCUT2D eigenvalue weighted by Gasteiger charge is -1.92. The lowest BCUT2D eigenvalue weighted by Crippen LogP contribution is -1.99. The third-order valence-electron chi connectivity index (χ3n) is 1.09. The van der Waals surface area contributed by atoms with E-state index in [-0.39, 0.29) is 4.83 Å². The van der Waals surface area contributed by atoms with E-state index >= 15 is 0 Å². The Balaban J connectivity index is 2.69. The Morgan fingerprint density at radius 2 is 2.23 bits per heavy atom. The molecule has 1 aromatic rings. The lowest BCUT2D eigenvalue weighted by atomic mass is 10.5. The quantitative estimate of drug-likeness (QED) is 0.487. The van der Waals surface area contributed by atoms with Gasteiger partial charge in [0.05, 0.1) is 12.4 Å². The molecule has 0 N–H and O–H groups in total. The molecule has 1 heterocycles. The summed E-state index contributed by atoms with van der Waals surface area (Å²) in [5.74, 6) is 0.467. The van der Waals surface area contributed by atoms with E-state index in [9.17, 15) is 4.79 Å². The number of rotatable bonds is 3. The Labute approximate surface area is 91.8 Å². The van der Waals surface area contributed by atoms with Crippen LogP contribution < -0.4 is 0 Å². The highest BCUT2D eigenvalue weighted by molar-refractivity contribution is 9.10. The molecule has 1 rings (SSSR count). The zero-order valence-corrected chi connectivity index (χ0v) is 9.56. The van der Waals surface area contributed by atoms with Crippen molar-refractivity contribution in [2.45, 2.75) is 4.83 Å².